The Kier molecular flexibility index (Phi) is 3.74. The Balaban J connectivity index is 2.76. The van der Waals surface area contributed by atoms with Gasteiger partial charge in [-0.1, -0.05) is 29.8 Å². The SMILES string of the molecule is CC(C)/C(Br)=C/B1OC(C)(C)C(C)(C)O1. The van der Waals surface area contributed by atoms with Gasteiger partial charge in [0.15, 0.2) is 0 Å². The predicted molar refractivity (Wildman–Crippen MR) is 67.9 cm³/mol. The normalized spacial score (nSPS) is 25.1. The van der Waals surface area contributed by atoms with E-state index < -0.39 is 0 Å². The fourth-order valence-corrected chi connectivity index (χ4v) is 1.49. The number of rotatable bonds is 2. The summed E-state index contributed by atoms with van der Waals surface area (Å²) in [6, 6.07) is 0. The van der Waals surface area contributed by atoms with Crippen LogP contribution in [0.3, 0.4) is 0 Å². The van der Waals surface area contributed by atoms with Crippen LogP contribution in [0.25, 0.3) is 0 Å². The molecule has 0 unspecified atom stereocenters. The van der Waals surface area contributed by atoms with Crippen molar-refractivity contribution in [2.75, 3.05) is 0 Å². The third-order valence-electron chi connectivity index (χ3n) is 3.12. The van der Waals surface area contributed by atoms with Crippen molar-refractivity contribution >= 4 is 23.0 Å². The van der Waals surface area contributed by atoms with Crippen LogP contribution in [0.2, 0.25) is 0 Å². The van der Waals surface area contributed by atoms with Gasteiger partial charge in [-0.2, -0.15) is 0 Å². The van der Waals surface area contributed by atoms with E-state index in [4.69, 9.17) is 9.31 Å². The summed E-state index contributed by atoms with van der Waals surface area (Å²) in [5, 5.41) is 0. The summed E-state index contributed by atoms with van der Waals surface area (Å²) in [5.41, 5.74) is -0.503. The lowest BCUT2D eigenvalue weighted by Crippen LogP contribution is -2.41. The van der Waals surface area contributed by atoms with Gasteiger partial charge in [0.05, 0.1) is 11.2 Å². The monoisotopic (exact) mass is 274 g/mol. The maximum Gasteiger partial charge on any atom is 0.487 e. The van der Waals surface area contributed by atoms with Crippen LogP contribution in [0.4, 0.5) is 0 Å². The van der Waals surface area contributed by atoms with Crippen LogP contribution in [0.15, 0.2) is 10.5 Å². The van der Waals surface area contributed by atoms with E-state index in [0.717, 1.165) is 4.48 Å². The standard InChI is InChI=1S/C11H20BBrO2/c1-8(2)9(13)7-12-14-10(3,4)11(5,6)15-12/h7-8H,1-6H3/b9-7-. The molecule has 2 nitrogen and oxygen atoms in total. The van der Waals surface area contributed by atoms with Crippen molar-refractivity contribution in [3.63, 3.8) is 0 Å². The molecular formula is C11H20BBrO2. The van der Waals surface area contributed by atoms with Crippen molar-refractivity contribution in [1.82, 2.24) is 0 Å². The molecule has 0 saturated carbocycles. The summed E-state index contributed by atoms with van der Waals surface area (Å²) in [5.74, 6) is 2.46. The van der Waals surface area contributed by atoms with E-state index in [1.54, 1.807) is 0 Å². The van der Waals surface area contributed by atoms with E-state index in [-0.39, 0.29) is 18.3 Å². The minimum atomic E-state index is -0.252. The van der Waals surface area contributed by atoms with Crippen LogP contribution >= 0.6 is 15.9 Å². The first-order valence-electron chi connectivity index (χ1n) is 5.38. The van der Waals surface area contributed by atoms with Gasteiger partial charge >= 0.3 is 7.12 Å². The second-order valence-corrected chi connectivity index (χ2v) is 6.25. The number of hydrogen-bond donors (Lipinski definition) is 0. The van der Waals surface area contributed by atoms with E-state index in [1.807, 2.05) is 5.98 Å². The molecule has 4 heteroatoms. The highest BCUT2D eigenvalue weighted by molar-refractivity contribution is 9.11. The van der Waals surface area contributed by atoms with Crippen molar-refractivity contribution in [2.45, 2.75) is 52.7 Å². The first-order valence-corrected chi connectivity index (χ1v) is 6.18. The van der Waals surface area contributed by atoms with E-state index in [1.165, 1.54) is 0 Å². The van der Waals surface area contributed by atoms with Gasteiger partial charge in [-0.15, -0.1) is 0 Å². The molecule has 1 aliphatic rings. The number of halogens is 1. The van der Waals surface area contributed by atoms with Crippen molar-refractivity contribution in [2.24, 2.45) is 5.92 Å². The van der Waals surface area contributed by atoms with Gasteiger partial charge in [0.1, 0.15) is 0 Å². The first kappa shape index (κ1) is 13.3. The highest BCUT2D eigenvalue weighted by atomic mass is 79.9. The van der Waals surface area contributed by atoms with Gasteiger partial charge in [-0.25, -0.2) is 0 Å². The van der Waals surface area contributed by atoms with Gasteiger partial charge in [0, 0.05) is 0 Å². The molecule has 15 heavy (non-hydrogen) atoms. The van der Waals surface area contributed by atoms with Crippen molar-refractivity contribution < 1.29 is 9.31 Å². The average Bonchev–Trinajstić information content (AvgIpc) is 2.19. The molecular weight excluding hydrogens is 255 g/mol. The highest BCUT2D eigenvalue weighted by Gasteiger charge is 2.50. The van der Waals surface area contributed by atoms with Gasteiger partial charge in [-0.3, -0.25) is 0 Å². The van der Waals surface area contributed by atoms with E-state index in [2.05, 4.69) is 57.5 Å². The molecule has 0 radical (unpaired) electrons. The third kappa shape index (κ3) is 2.86. The fourth-order valence-electron chi connectivity index (χ4n) is 1.28. The molecule has 1 aliphatic heterocycles. The molecule has 0 aromatic rings. The van der Waals surface area contributed by atoms with Crippen LogP contribution in [-0.2, 0) is 9.31 Å². The minimum Gasteiger partial charge on any atom is -0.400 e. The van der Waals surface area contributed by atoms with E-state index in [0.29, 0.717) is 5.92 Å². The molecule has 0 N–H and O–H groups in total. The molecule has 0 aromatic heterocycles. The van der Waals surface area contributed by atoms with Crippen molar-refractivity contribution in [3.8, 4) is 0 Å². The molecule has 0 aromatic carbocycles. The van der Waals surface area contributed by atoms with Crippen LogP contribution in [-0.4, -0.2) is 18.3 Å². The van der Waals surface area contributed by atoms with Gasteiger partial charge in [0.25, 0.3) is 0 Å². The lowest BCUT2D eigenvalue weighted by atomic mass is 9.88. The van der Waals surface area contributed by atoms with E-state index >= 15 is 0 Å². The summed E-state index contributed by atoms with van der Waals surface area (Å²) in [6.07, 6.45) is 0. The van der Waals surface area contributed by atoms with E-state index in [9.17, 15) is 0 Å². The molecule has 1 rings (SSSR count). The highest BCUT2D eigenvalue weighted by Crippen LogP contribution is 2.37. The molecule has 1 saturated heterocycles. The molecule has 0 atom stereocenters. The molecule has 1 heterocycles. The average molecular weight is 275 g/mol. The maximum absolute atomic E-state index is 5.86. The van der Waals surface area contributed by atoms with Crippen LogP contribution in [0.1, 0.15) is 41.5 Å². The number of hydrogen-bond acceptors (Lipinski definition) is 2. The number of allylic oxidation sites excluding steroid dienone is 1. The first-order chi connectivity index (χ1) is 6.66. The Morgan fingerprint density at radius 2 is 1.53 bits per heavy atom. The Morgan fingerprint density at radius 1 is 1.13 bits per heavy atom. The Hall–Kier alpha value is 0.205. The predicted octanol–water partition coefficient (Wildman–Crippen LogP) is 3.55. The summed E-state index contributed by atoms with van der Waals surface area (Å²) in [4.78, 5) is 0. The van der Waals surface area contributed by atoms with Crippen LogP contribution in [0.5, 0.6) is 0 Å². The fraction of sp³-hybridized carbons (Fsp3) is 0.818. The minimum absolute atomic E-state index is 0.244. The van der Waals surface area contributed by atoms with Crippen molar-refractivity contribution in [3.05, 3.63) is 10.5 Å². The molecule has 1 fully saturated rings. The smallest absolute Gasteiger partial charge is 0.400 e. The Labute approximate surface area is 102 Å². The molecule has 0 bridgehead atoms. The zero-order valence-corrected chi connectivity index (χ0v) is 12.0. The van der Waals surface area contributed by atoms with Crippen molar-refractivity contribution in [1.29, 1.82) is 0 Å². The lowest BCUT2D eigenvalue weighted by molar-refractivity contribution is 0.00578. The third-order valence-corrected chi connectivity index (χ3v) is 4.30. The summed E-state index contributed by atoms with van der Waals surface area (Å²) < 4.78 is 12.8. The molecule has 0 aliphatic carbocycles. The second-order valence-electron chi connectivity index (χ2n) is 5.33. The summed E-state index contributed by atoms with van der Waals surface area (Å²) in [7, 11) is -0.244. The van der Waals surface area contributed by atoms with Gasteiger partial charge in [0.2, 0.25) is 0 Å². The topological polar surface area (TPSA) is 18.5 Å². The van der Waals surface area contributed by atoms with Crippen LogP contribution < -0.4 is 0 Å². The largest absolute Gasteiger partial charge is 0.487 e. The van der Waals surface area contributed by atoms with Gasteiger partial charge < -0.3 is 9.31 Å². The lowest BCUT2D eigenvalue weighted by Gasteiger charge is -2.32. The van der Waals surface area contributed by atoms with Gasteiger partial charge in [-0.05, 0) is 44.1 Å². The zero-order chi connectivity index (χ0) is 11.9. The Bertz CT molecular complexity index is 256. The second kappa shape index (κ2) is 4.23. The maximum atomic E-state index is 5.86. The summed E-state index contributed by atoms with van der Waals surface area (Å²) in [6.45, 7) is 12.5. The quantitative estimate of drug-likeness (QED) is 0.717. The Morgan fingerprint density at radius 3 is 1.87 bits per heavy atom. The molecule has 0 spiro atoms. The summed E-state index contributed by atoms with van der Waals surface area (Å²) >= 11 is 3.53. The van der Waals surface area contributed by atoms with Crippen LogP contribution in [0, 0.1) is 5.92 Å². The molecule has 86 valence electrons. The molecule has 0 amide bonds. The zero-order valence-electron chi connectivity index (χ0n) is 10.4.